The van der Waals surface area contributed by atoms with Gasteiger partial charge in [0.15, 0.2) is 0 Å². The smallest absolute Gasteiger partial charge is 0.303 e. The van der Waals surface area contributed by atoms with E-state index in [2.05, 4.69) is 29.7 Å². The van der Waals surface area contributed by atoms with Gasteiger partial charge in [-0.1, -0.05) is 19.1 Å². The number of unbranched alkanes of at least 4 members (excludes halogenated alkanes) is 1. The van der Waals surface area contributed by atoms with E-state index in [-0.39, 0.29) is 31.1 Å². The number of rotatable bonds is 14. The number of aliphatic hydroxyl groups is 1. The first-order valence-corrected chi connectivity index (χ1v) is 12.9. The van der Waals surface area contributed by atoms with Crippen molar-refractivity contribution < 1.29 is 24.5 Å². The summed E-state index contributed by atoms with van der Waals surface area (Å²) in [7, 11) is 0. The lowest BCUT2D eigenvalue weighted by Crippen LogP contribution is -2.47. The number of aliphatic hydroxyl groups excluding tert-OH is 1. The van der Waals surface area contributed by atoms with Crippen LogP contribution in [0.2, 0.25) is 0 Å². The van der Waals surface area contributed by atoms with Crippen LogP contribution in [0.4, 0.5) is 5.69 Å². The van der Waals surface area contributed by atoms with Gasteiger partial charge in [0.25, 0.3) is 0 Å². The molecule has 0 saturated carbocycles. The molecule has 4 N–H and O–H groups in total. The lowest BCUT2D eigenvalue weighted by molar-refractivity contribution is -0.137. The molecule has 1 amide bonds. The number of fused-ring (bicyclic) bond motifs is 2. The molecule has 2 saturated heterocycles. The van der Waals surface area contributed by atoms with Gasteiger partial charge < -0.3 is 25.6 Å². The molecular formula is C25H36N2O5S. The maximum absolute atomic E-state index is 12.7. The predicted octanol–water partition coefficient (Wildman–Crippen LogP) is 3.68. The highest BCUT2D eigenvalue weighted by Crippen LogP contribution is 2.45. The summed E-state index contributed by atoms with van der Waals surface area (Å²) in [5.41, 5.74) is 0.717. The monoisotopic (exact) mass is 476 g/mol. The van der Waals surface area contributed by atoms with E-state index in [1.807, 2.05) is 24.3 Å². The molecule has 1 unspecified atom stereocenters. The van der Waals surface area contributed by atoms with Crippen molar-refractivity contribution in [3.05, 3.63) is 36.4 Å². The van der Waals surface area contributed by atoms with Gasteiger partial charge in [-0.25, -0.2) is 0 Å². The second kappa shape index (κ2) is 13.1. The Bertz CT molecular complexity index is 800. The third kappa shape index (κ3) is 7.57. The summed E-state index contributed by atoms with van der Waals surface area (Å²) in [5, 5.41) is 24.7. The predicted molar refractivity (Wildman–Crippen MR) is 130 cm³/mol. The van der Waals surface area contributed by atoms with Crippen LogP contribution in [-0.4, -0.2) is 59.2 Å². The highest BCUT2D eigenvalue weighted by atomic mass is 32.2. The van der Waals surface area contributed by atoms with Crippen LogP contribution >= 0.6 is 11.8 Å². The van der Waals surface area contributed by atoms with Crippen LogP contribution in [0.1, 0.15) is 45.4 Å². The third-order valence-electron chi connectivity index (χ3n) is 6.46. The Balaban J connectivity index is 1.48. The normalized spacial score (nSPS) is 24.9. The van der Waals surface area contributed by atoms with Crippen molar-refractivity contribution in [2.75, 3.05) is 24.2 Å². The molecule has 0 radical (unpaired) electrons. The van der Waals surface area contributed by atoms with E-state index in [4.69, 9.17) is 9.84 Å². The fourth-order valence-electron chi connectivity index (χ4n) is 4.77. The minimum Gasteiger partial charge on any atom is -0.481 e. The number of aliphatic carboxylic acids is 1. The number of carboxylic acid groups (broad SMARTS) is 1. The number of nitrogens with one attached hydrogen (secondary N) is 2. The molecular weight excluding hydrogens is 440 g/mol. The summed E-state index contributed by atoms with van der Waals surface area (Å²) in [4.78, 5) is 24.5. The quantitative estimate of drug-likeness (QED) is 0.184. The fraction of sp³-hybridized carbons (Fsp3) is 0.600. The van der Waals surface area contributed by atoms with Gasteiger partial charge in [-0.2, -0.15) is 0 Å². The van der Waals surface area contributed by atoms with Crippen LogP contribution in [0.25, 0.3) is 0 Å². The molecule has 0 spiro atoms. The van der Waals surface area contributed by atoms with Gasteiger partial charge >= 0.3 is 5.97 Å². The van der Waals surface area contributed by atoms with E-state index in [9.17, 15) is 14.7 Å². The zero-order valence-corrected chi connectivity index (χ0v) is 20.1. The number of allylic oxidation sites excluding steroid dienone is 2. The molecule has 0 aromatic heterocycles. The summed E-state index contributed by atoms with van der Waals surface area (Å²) in [6.07, 6.45) is 9.24. The van der Waals surface area contributed by atoms with Gasteiger partial charge in [0.05, 0.1) is 18.8 Å². The molecule has 2 heterocycles. The van der Waals surface area contributed by atoms with E-state index < -0.39 is 12.0 Å². The van der Waals surface area contributed by atoms with Crippen LogP contribution in [0, 0.1) is 11.8 Å². The molecule has 3 rings (SSSR count). The van der Waals surface area contributed by atoms with Crippen molar-refractivity contribution >= 4 is 29.3 Å². The molecule has 5 atom stereocenters. The van der Waals surface area contributed by atoms with Crippen molar-refractivity contribution in [1.29, 1.82) is 0 Å². The van der Waals surface area contributed by atoms with E-state index >= 15 is 0 Å². The molecule has 8 heteroatoms. The topological polar surface area (TPSA) is 108 Å². The third-order valence-corrected chi connectivity index (χ3v) is 7.35. The summed E-state index contributed by atoms with van der Waals surface area (Å²) in [6.45, 7) is 2.44. The summed E-state index contributed by atoms with van der Waals surface area (Å²) in [6, 6.07) is 7.05. The Kier molecular flexibility index (Phi) is 10.2. The van der Waals surface area contributed by atoms with Crippen LogP contribution in [0.3, 0.4) is 0 Å². The van der Waals surface area contributed by atoms with Crippen LogP contribution in [-0.2, 0) is 14.3 Å². The zero-order valence-electron chi connectivity index (χ0n) is 19.2. The van der Waals surface area contributed by atoms with Crippen molar-refractivity contribution in [2.24, 2.45) is 11.8 Å². The molecule has 2 fully saturated rings. The number of carboxylic acids is 1. The van der Waals surface area contributed by atoms with Gasteiger partial charge in [0.1, 0.15) is 6.04 Å². The minimum absolute atomic E-state index is 0.193. The second-order valence-corrected chi connectivity index (χ2v) is 10.0. The molecule has 2 bridgehead atoms. The largest absolute Gasteiger partial charge is 0.481 e. The Hall–Kier alpha value is -1.87. The molecule has 2 aliphatic rings. The van der Waals surface area contributed by atoms with Crippen molar-refractivity contribution in [3.8, 4) is 0 Å². The number of carbonyl (C=O) groups excluding carboxylic acids is 1. The number of thioether (sulfide) groups is 1. The first kappa shape index (κ1) is 25.7. The maximum Gasteiger partial charge on any atom is 0.303 e. The average molecular weight is 477 g/mol. The summed E-state index contributed by atoms with van der Waals surface area (Å²) >= 11 is 1.75. The van der Waals surface area contributed by atoms with E-state index in [1.165, 1.54) is 0 Å². The number of benzene rings is 1. The maximum atomic E-state index is 12.7. The number of hydrogen-bond acceptors (Lipinski definition) is 6. The SMILES string of the molecule is CCSc1ccc(NC(=O)C(CO)NC[C@H]2[C@@H](C/C=C\CCCC(=O)O)[C@H]3CC[C@@H]2O3)cc1. The number of ether oxygens (including phenoxy) is 1. The molecule has 2 aliphatic heterocycles. The van der Waals surface area contributed by atoms with Crippen LogP contribution in [0.5, 0.6) is 0 Å². The van der Waals surface area contributed by atoms with Gasteiger partial charge in [0, 0.05) is 29.5 Å². The fourth-order valence-corrected chi connectivity index (χ4v) is 5.43. The number of hydrogen-bond donors (Lipinski definition) is 4. The molecule has 1 aromatic rings. The van der Waals surface area contributed by atoms with Gasteiger partial charge in [-0.05, 0) is 68.0 Å². The van der Waals surface area contributed by atoms with Gasteiger partial charge in [0.2, 0.25) is 5.91 Å². The van der Waals surface area contributed by atoms with Crippen molar-refractivity contribution in [1.82, 2.24) is 5.32 Å². The number of amides is 1. The standard InChI is InChI=1S/C25H36N2O5S/c1-2-33-18-11-9-17(10-12-18)27-25(31)21(16-28)26-15-20-19(22-13-14-23(20)32-22)7-5-3-4-6-8-24(29)30/h3,5,9-12,19-23,26,28H,2,4,6-8,13-16H2,1H3,(H,27,31)(H,29,30)/b5-3-/t19-,20+,21?,22-,23+/m1/s1. The van der Waals surface area contributed by atoms with E-state index in [0.717, 1.165) is 42.0 Å². The van der Waals surface area contributed by atoms with Crippen LogP contribution < -0.4 is 10.6 Å². The Morgan fingerprint density at radius 2 is 1.91 bits per heavy atom. The number of carbonyl (C=O) groups is 2. The lowest BCUT2D eigenvalue weighted by atomic mass is 9.77. The average Bonchev–Trinajstić information content (AvgIpc) is 3.40. The minimum atomic E-state index is -0.758. The first-order chi connectivity index (χ1) is 16.0. The summed E-state index contributed by atoms with van der Waals surface area (Å²) in [5.74, 6) is 0.659. The highest BCUT2D eigenvalue weighted by molar-refractivity contribution is 7.99. The van der Waals surface area contributed by atoms with Gasteiger partial charge in [-0.3, -0.25) is 9.59 Å². The van der Waals surface area contributed by atoms with Crippen LogP contribution in [0.15, 0.2) is 41.3 Å². The highest BCUT2D eigenvalue weighted by Gasteiger charge is 2.48. The molecule has 182 valence electrons. The molecule has 0 aliphatic carbocycles. The van der Waals surface area contributed by atoms with Crippen molar-refractivity contribution in [3.63, 3.8) is 0 Å². The second-order valence-electron chi connectivity index (χ2n) is 8.70. The first-order valence-electron chi connectivity index (χ1n) is 11.9. The van der Waals surface area contributed by atoms with E-state index in [1.54, 1.807) is 11.8 Å². The number of anilines is 1. The molecule has 7 nitrogen and oxygen atoms in total. The summed E-state index contributed by atoms with van der Waals surface area (Å²) < 4.78 is 6.14. The zero-order chi connectivity index (χ0) is 23.6. The van der Waals surface area contributed by atoms with Gasteiger partial charge in [-0.15, -0.1) is 11.8 Å². The van der Waals surface area contributed by atoms with Crippen molar-refractivity contribution in [2.45, 2.75) is 68.6 Å². The Morgan fingerprint density at radius 3 is 2.58 bits per heavy atom. The molecule has 1 aromatic carbocycles. The Morgan fingerprint density at radius 1 is 1.18 bits per heavy atom. The lowest BCUT2D eigenvalue weighted by Gasteiger charge is -2.29. The Labute approximate surface area is 200 Å². The van der Waals surface area contributed by atoms with E-state index in [0.29, 0.717) is 24.8 Å². The molecule has 33 heavy (non-hydrogen) atoms.